The number of benzene rings is 2. The molecule has 2 aromatic carbocycles. The summed E-state index contributed by atoms with van der Waals surface area (Å²) >= 11 is 0. The fraction of sp³-hybridized carbons (Fsp3) is 0.0625. The van der Waals surface area contributed by atoms with Gasteiger partial charge in [-0.2, -0.15) is 0 Å². The largest absolute Gasteiger partial charge is 0.478 e. The third-order valence-electron chi connectivity index (χ3n) is 3.08. The molecule has 3 N–H and O–H groups in total. The molecule has 0 saturated carbocycles. The van der Waals surface area contributed by atoms with Gasteiger partial charge in [0.15, 0.2) is 0 Å². The van der Waals surface area contributed by atoms with Crippen LogP contribution in [0.25, 0.3) is 0 Å². The van der Waals surface area contributed by atoms with E-state index in [2.05, 4.69) is 10.9 Å². The maximum atomic E-state index is 12.0. The predicted octanol–water partition coefficient (Wildman–Crippen LogP) is 1.77. The van der Waals surface area contributed by atoms with Gasteiger partial charge in [0, 0.05) is 5.56 Å². The fourth-order valence-corrected chi connectivity index (χ4v) is 1.94. The molecule has 112 valence electrons. The second-order valence-electron chi connectivity index (χ2n) is 4.57. The van der Waals surface area contributed by atoms with E-state index >= 15 is 0 Å². The molecule has 0 fully saturated rings. The van der Waals surface area contributed by atoms with Crippen molar-refractivity contribution in [2.45, 2.75) is 6.92 Å². The van der Waals surface area contributed by atoms with E-state index < -0.39 is 17.8 Å². The van der Waals surface area contributed by atoms with Gasteiger partial charge < -0.3 is 5.11 Å². The van der Waals surface area contributed by atoms with Crippen molar-refractivity contribution in [3.63, 3.8) is 0 Å². The Morgan fingerprint density at radius 3 is 1.77 bits per heavy atom. The van der Waals surface area contributed by atoms with Crippen LogP contribution in [-0.2, 0) is 0 Å². The first kappa shape index (κ1) is 15.2. The minimum Gasteiger partial charge on any atom is -0.478 e. The van der Waals surface area contributed by atoms with Gasteiger partial charge in [0.25, 0.3) is 11.8 Å². The minimum atomic E-state index is -1.21. The van der Waals surface area contributed by atoms with Gasteiger partial charge in [-0.3, -0.25) is 20.4 Å². The fourth-order valence-electron chi connectivity index (χ4n) is 1.94. The van der Waals surface area contributed by atoms with E-state index in [1.807, 2.05) is 0 Å². The Morgan fingerprint density at radius 2 is 1.23 bits per heavy atom. The second-order valence-corrected chi connectivity index (χ2v) is 4.57. The first-order valence-corrected chi connectivity index (χ1v) is 6.49. The molecule has 0 spiro atoms. The lowest BCUT2D eigenvalue weighted by atomic mass is 10.1. The highest BCUT2D eigenvalue weighted by molar-refractivity contribution is 6.06. The molecule has 0 unspecified atom stereocenters. The number of rotatable bonds is 3. The second kappa shape index (κ2) is 6.53. The zero-order valence-electron chi connectivity index (χ0n) is 11.8. The van der Waals surface area contributed by atoms with Crippen LogP contribution in [0.3, 0.4) is 0 Å². The topological polar surface area (TPSA) is 95.5 Å². The molecule has 0 bridgehead atoms. The van der Waals surface area contributed by atoms with Crippen LogP contribution >= 0.6 is 0 Å². The third kappa shape index (κ3) is 3.29. The average Bonchev–Trinajstić information content (AvgIpc) is 2.52. The van der Waals surface area contributed by atoms with Crippen LogP contribution in [0.5, 0.6) is 0 Å². The van der Waals surface area contributed by atoms with Crippen LogP contribution in [0.1, 0.15) is 36.6 Å². The molecule has 0 heterocycles. The molecule has 0 aliphatic rings. The molecule has 2 amide bonds. The van der Waals surface area contributed by atoms with Crippen LogP contribution in [0, 0.1) is 6.92 Å². The maximum absolute atomic E-state index is 12.0. The van der Waals surface area contributed by atoms with E-state index in [1.54, 1.807) is 37.3 Å². The number of amides is 2. The van der Waals surface area contributed by atoms with Crippen LogP contribution in [-0.4, -0.2) is 22.9 Å². The Morgan fingerprint density at radius 1 is 0.773 bits per heavy atom. The summed E-state index contributed by atoms with van der Waals surface area (Å²) in [7, 11) is 0. The standard InChI is InChI=1S/C16H14N2O4/c1-10-6-2-3-7-11(10)14(19)17-18-15(20)12-8-4-5-9-13(12)16(21)22/h2-9H,1H3,(H,17,19)(H,18,20)(H,21,22). The molecule has 0 atom stereocenters. The molecule has 2 rings (SSSR count). The Bertz CT molecular complexity index is 740. The molecule has 6 heteroatoms. The highest BCUT2D eigenvalue weighted by Gasteiger charge is 2.16. The van der Waals surface area contributed by atoms with Crippen LogP contribution < -0.4 is 10.9 Å². The number of aromatic carboxylic acids is 1. The molecule has 6 nitrogen and oxygen atoms in total. The molecular weight excluding hydrogens is 284 g/mol. The molecule has 2 aromatic rings. The Kier molecular flexibility index (Phi) is 4.53. The number of carbonyl (C=O) groups is 3. The minimum absolute atomic E-state index is 0.0277. The summed E-state index contributed by atoms with van der Waals surface area (Å²) in [5.41, 5.74) is 5.52. The normalized spacial score (nSPS) is 9.86. The van der Waals surface area contributed by atoms with E-state index in [4.69, 9.17) is 5.11 Å². The molecule has 0 aliphatic carbocycles. The summed E-state index contributed by atoms with van der Waals surface area (Å²) in [4.78, 5) is 35.0. The van der Waals surface area contributed by atoms with Crippen molar-refractivity contribution < 1.29 is 19.5 Å². The van der Waals surface area contributed by atoms with Crippen LogP contribution in [0.2, 0.25) is 0 Å². The van der Waals surface area contributed by atoms with Gasteiger partial charge in [-0.15, -0.1) is 0 Å². The summed E-state index contributed by atoms with van der Waals surface area (Å²) in [6.07, 6.45) is 0. The number of aryl methyl sites for hydroxylation is 1. The zero-order valence-corrected chi connectivity index (χ0v) is 11.8. The Balaban J connectivity index is 2.09. The zero-order chi connectivity index (χ0) is 16.1. The van der Waals surface area contributed by atoms with Crippen molar-refractivity contribution in [2.75, 3.05) is 0 Å². The number of carbonyl (C=O) groups excluding carboxylic acids is 2. The Hall–Kier alpha value is -3.15. The number of hydrogen-bond donors (Lipinski definition) is 3. The quantitative estimate of drug-likeness (QED) is 0.752. The molecule has 22 heavy (non-hydrogen) atoms. The lowest BCUT2D eigenvalue weighted by Gasteiger charge is -2.10. The smallest absolute Gasteiger partial charge is 0.336 e. The van der Waals surface area contributed by atoms with Gasteiger partial charge in [-0.25, -0.2) is 4.79 Å². The first-order chi connectivity index (χ1) is 10.5. The van der Waals surface area contributed by atoms with E-state index in [0.29, 0.717) is 5.56 Å². The van der Waals surface area contributed by atoms with Crippen molar-refractivity contribution in [3.05, 3.63) is 70.8 Å². The van der Waals surface area contributed by atoms with Gasteiger partial charge in [-0.1, -0.05) is 30.3 Å². The summed E-state index contributed by atoms with van der Waals surface area (Å²) in [5, 5.41) is 9.04. The number of carboxylic acid groups (broad SMARTS) is 1. The molecular formula is C16H14N2O4. The number of hydrogen-bond acceptors (Lipinski definition) is 3. The highest BCUT2D eigenvalue weighted by Crippen LogP contribution is 2.09. The SMILES string of the molecule is Cc1ccccc1C(=O)NNC(=O)c1ccccc1C(=O)O. The number of hydrazine groups is 1. The van der Waals surface area contributed by atoms with Gasteiger partial charge in [0.2, 0.25) is 0 Å². The van der Waals surface area contributed by atoms with Crippen molar-refractivity contribution in [1.82, 2.24) is 10.9 Å². The number of nitrogens with one attached hydrogen (secondary N) is 2. The van der Waals surface area contributed by atoms with E-state index in [1.165, 1.54) is 18.2 Å². The van der Waals surface area contributed by atoms with E-state index in [0.717, 1.165) is 5.56 Å². The van der Waals surface area contributed by atoms with Crippen LogP contribution in [0.15, 0.2) is 48.5 Å². The van der Waals surface area contributed by atoms with Gasteiger partial charge in [0.1, 0.15) is 0 Å². The Labute approximate surface area is 126 Å². The van der Waals surface area contributed by atoms with Gasteiger partial charge in [-0.05, 0) is 30.7 Å². The lowest BCUT2D eigenvalue weighted by molar-refractivity contribution is 0.0690. The molecule has 0 aromatic heterocycles. The van der Waals surface area contributed by atoms with Crippen molar-refractivity contribution >= 4 is 17.8 Å². The molecule has 0 radical (unpaired) electrons. The van der Waals surface area contributed by atoms with Crippen molar-refractivity contribution in [3.8, 4) is 0 Å². The average molecular weight is 298 g/mol. The van der Waals surface area contributed by atoms with Crippen LogP contribution in [0.4, 0.5) is 0 Å². The number of carboxylic acids is 1. The predicted molar refractivity (Wildman–Crippen MR) is 79.5 cm³/mol. The third-order valence-corrected chi connectivity index (χ3v) is 3.08. The van der Waals surface area contributed by atoms with Crippen molar-refractivity contribution in [1.29, 1.82) is 0 Å². The first-order valence-electron chi connectivity index (χ1n) is 6.49. The highest BCUT2D eigenvalue weighted by atomic mass is 16.4. The monoisotopic (exact) mass is 298 g/mol. The van der Waals surface area contributed by atoms with Crippen molar-refractivity contribution in [2.24, 2.45) is 0 Å². The summed E-state index contributed by atoms with van der Waals surface area (Å²) in [6, 6.07) is 12.7. The van der Waals surface area contributed by atoms with E-state index in [-0.39, 0.29) is 11.1 Å². The summed E-state index contributed by atoms with van der Waals surface area (Å²) in [5.74, 6) is -2.38. The van der Waals surface area contributed by atoms with Gasteiger partial charge >= 0.3 is 5.97 Å². The molecule has 0 saturated heterocycles. The lowest BCUT2D eigenvalue weighted by Crippen LogP contribution is -2.42. The summed E-state index contributed by atoms with van der Waals surface area (Å²) < 4.78 is 0. The summed E-state index contributed by atoms with van der Waals surface area (Å²) in [6.45, 7) is 1.77. The molecule has 0 aliphatic heterocycles. The van der Waals surface area contributed by atoms with E-state index in [9.17, 15) is 14.4 Å². The maximum Gasteiger partial charge on any atom is 0.336 e. The van der Waals surface area contributed by atoms with Gasteiger partial charge in [0.05, 0.1) is 11.1 Å².